The number of hydrogen-bond donors (Lipinski definition) is 0. The summed E-state index contributed by atoms with van der Waals surface area (Å²) >= 11 is 0. The highest BCUT2D eigenvalue weighted by Crippen LogP contribution is 2.11. The van der Waals surface area contributed by atoms with Crippen LogP contribution in [0.2, 0.25) is 0 Å². The molecule has 0 saturated heterocycles. The maximum absolute atomic E-state index is 13.1. The quantitative estimate of drug-likeness (QED) is 0.350. The molecule has 0 saturated carbocycles. The third-order valence-electron chi connectivity index (χ3n) is 4.48. The zero-order valence-corrected chi connectivity index (χ0v) is 15.3. The molecule has 0 N–H and O–H groups in total. The molecule has 1 rings (SSSR count). The van der Waals surface area contributed by atoms with E-state index in [-0.39, 0.29) is 5.82 Å². The van der Waals surface area contributed by atoms with Crippen LogP contribution in [0, 0.1) is 5.82 Å². The van der Waals surface area contributed by atoms with Crippen molar-refractivity contribution in [1.29, 1.82) is 0 Å². The average Bonchev–Trinajstić information content (AvgIpc) is 2.56. The molecule has 0 amide bonds. The Labute approximate surface area is 143 Å². The van der Waals surface area contributed by atoms with Gasteiger partial charge in [0.15, 0.2) is 0 Å². The maximum Gasteiger partial charge on any atom is 0.123 e. The first-order valence-corrected chi connectivity index (χ1v) is 9.73. The lowest BCUT2D eigenvalue weighted by molar-refractivity contribution is 0.252. The maximum atomic E-state index is 13.1. The molecule has 0 aliphatic rings. The van der Waals surface area contributed by atoms with Gasteiger partial charge in [-0.2, -0.15) is 0 Å². The van der Waals surface area contributed by atoms with E-state index in [0.29, 0.717) is 0 Å². The molecular weight excluding hydrogens is 285 g/mol. The summed E-state index contributed by atoms with van der Waals surface area (Å²) in [6.45, 7) is 7.83. The Balaban J connectivity index is 2.35. The molecule has 0 heterocycles. The number of rotatable bonds is 14. The molecule has 132 valence electrons. The van der Waals surface area contributed by atoms with E-state index in [1.165, 1.54) is 82.9 Å². The average molecular weight is 322 g/mol. The van der Waals surface area contributed by atoms with E-state index in [4.69, 9.17) is 0 Å². The van der Waals surface area contributed by atoms with Crippen molar-refractivity contribution in [3.8, 4) is 0 Å². The van der Waals surface area contributed by atoms with Crippen molar-refractivity contribution in [2.75, 3.05) is 13.1 Å². The monoisotopic (exact) mass is 321 g/mol. The van der Waals surface area contributed by atoms with Crippen molar-refractivity contribution in [2.45, 2.75) is 84.6 Å². The molecule has 1 nitrogen and oxygen atoms in total. The second-order valence-corrected chi connectivity index (χ2v) is 6.73. The predicted octanol–water partition coefficient (Wildman–Crippen LogP) is 6.57. The Bertz CT molecular complexity index is 360. The van der Waals surface area contributed by atoms with Crippen LogP contribution in [0.5, 0.6) is 0 Å². The molecule has 0 aromatic heterocycles. The third kappa shape index (κ3) is 10.5. The van der Waals surface area contributed by atoms with Gasteiger partial charge < -0.3 is 0 Å². The topological polar surface area (TPSA) is 3.24 Å². The predicted molar refractivity (Wildman–Crippen MR) is 99.2 cm³/mol. The minimum absolute atomic E-state index is 0.139. The SMILES string of the molecule is CCCCCCCN(CCCCCCC)Cc1ccc(F)cc1. The van der Waals surface area contributed by atoms with E-state index < -0.39 is 0 Å². The second-order valence-electron chi connectivity index (χ2n) is 6.73. The lowest BCUT2D eigenvalue weighted by Crippen LogP contribution is -2.25. The molecule has 0 aliphatic heterocycles. The van der Waals surface area contributed by atoms with Crippen molar-refractivity contribution < 1.29 is 4.39 Å². The summed E-state index contributed by atoms with van der Waals surface area (Å²) < 4.78 is 13.1. The smallest absolute Gasteiger partial charge is 0.123 e. The Morgan fingerprint density at radius 3 is 1.65 bits per heavy atom. The fourth-order valence-corrected chi connectivity index (χ4v) is 3.00. The molecule has 0 bridgehead atoms. The van der Waals surface area contributed by atoms with Crippen molar-refractivity contribution in [1.82, 2.24) is 4.90 Å². The normalized spacial score (nSPS) is 11.3. The molecule has 0 spiro atoms. The first-order chi connectivity index (χ1) is 11.3. The molecule has 0 radical (unpaired) electrons. The van der Waals surface area contributed by atoms with E-state index in [1.54, 1.807) is 12.1 Å². The van der Waals surface area contributed by atoms with Gasteiger partial charge in [-0.3, -0.25) is 4.90 Å². The standard InChI is InChI=1S/C21H36FN/c1-3-5-7-9-11-17-23(18-12-10-8-6-4-2)19-20-13-15-21(22)16-14-20/h13-16H,3-12,17-19H2,1-2H3. The van der Waals surface area contributed by atoms with Gasteiger partial charge in [-0.1, -0.05) is 77.3 Å². The number of unbranched alkanes of at least 4 members (excludes halogenated alkanes) is 8. The minimum atomic E-state index is -0.139. The Morgan fingerprint density at radius 1 is 0.696 bits per heavy atom. The molecular formula is C21H36FN. The minimum Gasteiger partial charge on any atom is -0.299 e. The Hall–Kier alpha value is -0.890. The van der Waals surface area contributed by atoms with E-state index in [0.717, 1.165) is 6.54 Å². The summed E-state index contributed by atoms with van der Waals surface area (Å²) in [5.74, 6) is -0.139. The van der Waals surface area contributed by atoms with Crippen LogP contribution in [0.1, 0.15) is 83.6 Å². The molecule has 1 aromatic carbocycles. The van der Waals surface area contributed by atoms with E-state index >= 15 is 0 Å². The van der Waals surface area contributed by atoms with Crippen LogP contribution in [0.4, 0.5) is 4.39 Å². The van der Waals surface area contributed by atoms with E-state index in [2.05, 4.69) is 18.7 Å². The van der Waals surface area contributed by atoms with Crippen LogP contribution in [0.3, 0.4) is 0 Å². The van der Waals surface area contributed by atoms with Crippen molar-refractivity contribution >= 4 is 0 Å². The molecule has 0 atom stereocenters. The fraction of sp³-hybridized carbons (Fsp3) is 0.714. The molecule has 23 heavy (non-hydrogen) atoms. The number of halogens is 1. The summed E-state index contributed by atoms with van der Waals surface area (Å²) in [6, 6.07) is 7.01. The third-order valence-corrected chi connectivity index (χ3v) is 4.48. The Kier molecular flexibility index (Phi) is 11.9. The summed E-state index contributed by atoms with van der Waals surface area (Å²) in [6.07, 6.45) is 13.3. The van der Waals surface area contributed by atoms with Gasteiger partial charge in [0.2, 0.25) is 0 Å². The second kappa shape index (κ2) is 13.5. The summed E-state index contributed by atoms with van der Waals surface area (Å²) in [4.78, 5) is 2.56. The highest BCUT2D eigenvalue weighted by Gasteiger charge is 2.06. The lowest BCUT2D eigenvalue weighted by atomic mass is 10.1. The lowest BCUT2D eigenvalue weighted by Gasteiger charge is -2.22. The largest absolute Gasteiger partial charge is 0.299 e. The van der Waals surface area contributed by atoms with Crippen LogP contribution in [0.15, 0.2) is 24.3 Å². The number of nitrogens with zero attached hydrogens (tertiary/aromatic N) is 1. The zero-order chi connectivity index (χ0) is 16.8. The highest BCUT2D eigenvalue weighted by atomic mass is 19.1. The number of benzene rings is 1. The van der Waals surface area contributed by atoms with Gasteiger partial charge in [-0.05, 0) is 43.6 Å². The van der Waals surface area contributed by atoms with Gasteiger partial charge >= 0.3 is 0 Å². The molecule has 0 aliphatic carbocycles. The zero-order valence-electron chi connectivity index (χ0n) is 15.3. The van der Waals surface area contributed by atoms with Crippen molar-refractivity contribution in [2.24, 2.45) is 0 Å². The van der Waals surface area contributed by atoms with Crippen molar-refractivity contribution in [3.05, 3.63) is 35.6 Å². The first-order valence-electron chi connectivity index (χ1n) is 9.73. The summed E-state index contributed by atoms with van der Waals surface area (Å²) in [5, 5.41) is 0. The van der Waals surface area contributed by atoms with Crippen LogP contribution < -0.4 is 0 Å². The summed E-state index contributed by atoms with van der Waals surface area (Å²) in [7, 11) is 0. The van der Waals surface area contributed by atoms with Gasteiger partial charge in [-0.25, -0.2) is 4.39 Å². The molecule has 0 unspecified atom stereocenters. The molecule has 0 fully saturated rings. The highest BCUT2D eigenvalue weighted by molar-refractivity contribution is 5.15. The van der Waals surface area contributed by atoms with Crippen LogP contribution >= 0.6 is 0 Å². The van der Waals surface area contributed by atoms with E-state index in [1.807, 2.05) is 12.1 Å². The van der Waals surface area contributed by atoms with Crippen LogP contribution in [0.25, 0.3) is 0 Å². The van der Waals surface area contributed by atoms with Gasteiger partial charge in [0.25, 0.3) is 0 Å². The van der Waals surface area contributed by atoms with Gasteiger partial charge in [0.05, 0.1) is 0 Å². The van der Waals surface area contributed by atoms with Crippen LogP contribution in [-0.2, 0) is 6.54 Å². The van der Waals surface area contributed by atoms with Gasteiger partial charge in [-0.15, -0.1) is 0 Å². The van der Waals surface area contributed by atoms with Crippen molar-refractivity contribution in [3.63, 3.8) is 0 Å². The number of hydrogen-bond acceptors (Lipinski definition) is 1. The molecule has 2 heteroatoms. The van der Waals surface area contributed by atoms with Crippen LogP contribution in [-0.4, -0.2) is 18.0 Å². The van der Waals surface area contributed by atoms with Gasteiger partial charge in [0, 0.05) is 6.54 Å². The summed E-state index contributed by atoms with van der Waals surface area (Å²) in [5.41, 5.74) is 1.23. The van der Waals surface area contributed by atoms with Gasteiger partial charge in [0.1, 0.15) is 5.82 Å². The van der Waals surface area contributed by atoms with E-state index in [9.17, 15) is 4.39 Å². The Morgan fingerprint density at radius 2 is 1.17 bits per heavy atom. The first kappa shape index (κ1) is 20.2. The molecule has 1 aromatic rings. The fourth-order valence-electron chi connectivity index (χ4n) is 3.00.